The minimum atomic E-state index is -4.37. The fourth-order valence-electron chi connectivity index (χ4n) is 5.25. The van der Waals surface area contributed by atoms with Crippen LogP contribution in [0.15, 0.2) is 35.1 Å². The van der Waals surface area contributed by atoms with Crippen molar-refractivity contribution < 1.29 is 27.1 Å². The van der Waals surface area contributed by atoms with Crippen LogP contribution in [0.25, 0.3) is 11.1 Å². The third kappa shape index (κ3) is 5.40. The monoisotopic (exact) mass is 533 g/mol. The van der Waals surface area contributed by atoms with E-state index in [1.54, 1.807) is 25.4 Å². The molecule has 2 aliphatic heterocycles. The van der Waals surface area contributed by atoms with Gasteiger partial charge in [0.2, 0.25) is 5.88 Å². The van der Waals surface area contributed by atoms with Crippen molar-refractivity contribution in [3.63, 3.8) is 0 Å². The number of pyridine rings is 2. The van der Waals surface area contributed by atoms with E-state index in [4.69, 9.17) is 20.6 Å². The molecule has 10 nitrogen and oxygen atoms in total. The van der Waals surface area contributed by atoms with Crippen molar-refractivity contribution in [1.82, 2.24) is 14.9 Å². The Balaban J connectivity index is 1.36. The van der Waals surface area contributed by atoms with Gasteiger partial charge in [0.15, 0.2) is 5.58 Å². The number of alkyl halides is 3. The highest BCUT2D eigenvalue weighted by Gasteiger charge is 2.44. The number of rotatable bonds is 6. The Bertz CT molecular complexity index is 1320. The van der Waals surface area contributed by atoms with E-state index in [1.165, 1.54) is 17.3 Å². The lowest BCUT2D eigenvalue weighted by Crippen LogP contribution is -2.51. The zero-order valence-corrected chi connectivity index (χ0v) is 20.9. The number of hydrogen-bond acceptors (Lipinski definition) is 9. The van der Waals surface area contributed by atoms with Crippen molar-refractivity contribution in [2.45, 2.75) is 37.7 Å². The first-order chi connectivity index (χ1) is 18.1. The molecule has 0 bridgehead atoms. The number of furan rings is 1. The molecule has 3 aromatic rings. The molecule has 5 N–H and O–H groups in total. The number of nitrogens with two attached hydrogens (primary N) is 2. The third-order valence-corrected chi connectivity index (χ3v) is 7.14. The first kappa shape index (κ1) is 26.2. The largest absolute Gasteiger partial charge is 0.438 e. The Kier molecular flexibility index (Phi) is 7.16. The number of nitrogen functional groups attached to an aromatic ring is 1. The predicted octanol–water partition coefficient (Wildman–Crippen LogP) is 2.99. The van der Waals surface area contributed by atoms with Crippen molar-refractivity contribution >= 4 is 34.3 Å². The van der Waals surface area contributed by atoms with Crippen LogP contribution in [0.2, 0.25) is 0 Å². The zero-order chi connectivity index (χ0) is 27.0. The number of ether oxygens (including phenoxy) is 1. The lowest BCUT2D eigenvalue weighted by molar-refractivity contribution is -0.177. The van der Waals surface area contributed by atoms with Gasteiger partial charge in [-0.05, 0) is 30.5 Å². The van der Waals surface area contributed by atoms with E-state index in [2.05, 4.69) is 20.2 Å². The highest BCUT2D eigenvalue weighted by atomic mass is 19.4. The van der Waals surface area contributed by atoms with Gasteiger partial charge in [0.25, 0.3) is 5.91 Å². The second-order valence-corrected chi connectivity index (χ2v) is 9.90. The number of nitrogens with zero attached hydrogens (tertiary/aromatic N) is 4. The number of carbonyl (C=O) groups excluding carboxylic acids is 1. The van der Waals surface area contributed by atoms with Gasteiger partial charge >= 0.3 is 6.18 Å². The molecule has 1 amide bonds. The van der Waals surface area contributed by atoms with E-state index in [0.29, 0.717) is 23.3 Å². The number of fused-ring (bicyclic) bond motifs is 1. The molecule has 0 aliphatic carbocycles. The summed E-state index contributed by atoms with van der Waals surface area (Å²) in [5.41, 5.74) is 14.2. The van der Waals surface area contributed by atoms with Gasteiger partial charge in [0.05, 0.1) is 29.6 Å². The van der Waals surface area contributed by atoms with Gasteiger partial charge in [-0.1, -0.05) is 0 Å². The molecule has 3 unspecified atom stereocenters. The van der Waals surface area contributed by atoms with E-state index < -0.39 is 24.0 Å². The molecule has 0 aromatic carbocycles. The smallest absolute Gasteiger partial charge is 0.393 e. The molecule has 2 fully saturated rings. The molecule has 3 atom stereocenters. The van der Waals surface area contributed by atoms with E-state index in [-0.39, 0.29) is 42.7 Å². The number of halogens is 3. The quantitative estimate of drug-likeness (QED) is 0.437. The molecule has 0 spiro atoms. The standard InChI is InChI=1S/C25H30F3N7O3/c1-37-17-3-5-34(13-17)10-14-6-20-22(32-8-14)21(23(30)38-20)24(36)33-18-9-31-4-2-19(18)35-11-15(25(26,27)28)7-16(29)12-35/h2,4,6,8-9,15-17H,3,5,7,10-13,29-30H2,1H3,(H,33,36). The first-order valence-corrected chi connectivity index (χ1v) is 12.4. The highest BCUT2D eigenvalue weighted by molar-refractivity contribution is 6.15. The number of methoxy groups -OCH3 is 1. The second-order valence-electron chi connectivity index (χ2n) is 9.90. The fourth-order valence-corrected chi connectivity index (χ4v) is 5.25. The predicted molar refractivity (Wildman–Crippen MR) is 136 cm³/mol. The Hall–Kier alpha value is -3.42. The maximum absolute atomic E-state index is 13.5. The first-order valence-electron chi connectivity index (χ1n) is 12.4. The number of aromatic nitrogens is 2. The summed E-state index contributed by atoms with van der Waals surface area (Å²) in [5, 5.41) is 2.73. The van der Waals surface area contributed by atoms with Crippen molar-refractivity contribution in [2.24, 2.45) is 11.7 Å². The number of piperidine rings is 1. The van der Waals surface area contributed by atoms with Crippen LogP contribution < -0.4 is 21.7 Å². The number of carbonyl (C=O) groups is 1. The van der Waals surface area contributed by atoms with Crippen LogP contribution >= 0.6 is 0 Å². The van der Waals surface area contributed by atoms with Gasteiger partial charge in [-0.3, -0.25) is 19.7 Å². The SMILES string of the molecule is COC1CCN(Cc2cnc3c(C(=O)Nc4cnccc4N4CC(N)CC(C(F)(F)F)C4)c(N)oc3c2)C1. The summed E-state index contributed by atoms with van der Waals surface area (Å²) >= 11 is 0. The van der Waals surface area contributed by atoms with E-state index in [9.17, 15) is 18.0 Å². The van der Waals surface area contributed by atoms with Gasteiger partial charge in [0, 0.05) is 58.3 Å². The Morgan fingerprint density at radius 2 is 2.11 bits per heavy atom. The van der Waals surface area contributed by atoms with Crippen LogP contribution in [0.5, 0.6) is 0 Å². The zero-order valence-electron chi connectivity index (χ0n) is 20.9. The van der Waals surface area contributed by atoms with Crippen molar-refractivity contribution in [3.8, 4) is 0 Å². The minimum Gasteiger partial charge on any atom is -0.438 e. The molecule has 0 saturated carbocycles. The van der Waals surface area contributed by atoms with Crippen LogP contribution in [0, 0.1) is 5.92 Å². The maximum Gasteiger partial charge on any atom is 0.393 e. The van der Waals surface area contributed by atoms with Crippen LogP contribution in [0.1, 0.15) is 28.8 Å². The summed E-state index contributed by atoms with van der Waals surface area (Å²) in [6.07, 6.45) is 1.15. The molecule has 13 heteroatoms. The van der Waals surface area contributed by atoms with Crippen LogP contribution in [-0.2, 0) is 11.3 Å². The number of amides is 1. The van der Waals surface area contributed by atoms with Crippen molar-refractivity contribution in [3.05, 3.63) is 41.9 Å². The van der Waals surface area contributed by atoms with E-state index in [1.807, 2.05) is 0 Å². The van der Waals surface area contributed by atoms with E-state index in [0.717, 1.165) is 25.1 Å². The normalized spacial score (nSPS) is 22.8. The average molecular weight is 534 g/mol. The lowest BCUT2D eigenvalue weighted by Gasteiger charge is -2.39. The number of hydrogen-bond donors (Lipinski definition) is 3. The van der Waals surface area contributed by atoms with Gasteiger partial charge < -0.3 is 30.8 Å². The summed E-state index contributed by atoms with van der Waals surface area (Å²) in [7, 11) is 1.70. The Morgan fingerprint density at radius 1 is 1.29 bits per heavy atom. The molecule has 38 heavy (non-hydrogen) atoms. The maximum atomic E-state index is 13.5. The molecular weight excluding hydrogens is 503 g/mol. The number of likely N-dealkylation sites (tertiary alicyclic amines) is 1. The molecule has 2 saturated heterocycles. The van der Waals surface area contributed by atoms with Gasteiger partial charge in [-0.2, -0.15) is 13.2 Å². The number of nitrogens with one attached hydrogen (secondary N) is 1. The summed E-state index contributed by atoms with van der Waals surface area (Å²) in [5.74, 6) is -2.28. The molecule has 3 aromatic heterocycles. The van der Waals surface area contributed by atoms with Crippen LogP contribution in [0.3, 0.4) is 0 Å². The van der Waals surface area contributed by atoms with Crippen molar-refractivity contribution in [1.29, 1.82) is 0 Å². The van der Waals surface area contributed by atoms with Gasteiger partial charge in [0.1, 0.15) is 11.1 Å². The molecule has 204 valence electrons. The number of anilines is 3. The summed E-state index contributed by atoms with van der Waals surface area (Å²) in [6.45, 7) is 2.32. The second kappa shape index (κ2) is 10.4. The summed E-state index contributed by atoms with van der Waals surface area (Å²) in [4.78, 5) is 25.6. The Morgan fingerprint density at radius 3 is 2.84 bits per heavy atom. The molecule has 5 rings (SSSR count). The highest BCUT2D eigenvalue weighted by Crippen LogP contribution is 2.37. The lowest BCUT2D eigenvalue weighted by atomic mass is 9.93. The minimum absolute atomic E-state index is 0.0467. The topological polar surface area (TPSA) is 136 Å². The Labute approximate surface area is 217 Å². The fraction of sp³-hybridized carbons (Fsp3) is 0.480. The average Bonchev–Trinajstić information content (AvgIpc) is 3.46. The molecule has 2 aliphatic rings. The van der Waals surface area contributed by atoms with E-state index >= 15 is 0 Å². The van der Waals surface area contributed by atoms with Gasteiger partial charge in [-0.25, -0.2) is 0 Å². The molecule has 0 radical (unpaired) electrons. The molecular formula is C25H30F3N7O3. The summed E-state index contributed by atoms with van der Waals surface area (Å²) < 4.78 is 51.5. The van der Waals surface area contributed by atoms with Crippen molar-refractivity contribution in [2.75, 3.05) is 49.2 Å². The molecule has 5 heterocycles. The third-order valence-electron chi connectivity index (χ3n) is 7.14. The van der Waals surface area contributed by atoms with Gasteiger partial charge in [-0.15, -0.1) is 0 Å². The van der Waals surface area contributed by atoms with Crippen LogP contribution in [-0.4, -0.2) is 72.4 Å². The summed E-state index contributed by atoms with van der Waals surface area (Å²) in [6, 6.07) is 2.69. The van der Waals surface area contributed by atoms with Crippen LogP contribution in [0.4, 0.5) is 30.4 Å².